The van der Waals surface area contributed by atoms with Crippen LogP contribution in [0.25, 0.3) is 0 Å². The minimum atomic E-state index is -0.778. The second-order valence-corrected chi connectivity index (χ2v) is 4.48. The highest BCUT2D eigenvalue weighted by Gasteiger charge is 2.09. The van der Waals surface area contributed by atoms with Gasteiger partial charge in [0.25, 0.3) is 0 Å². The molecular weight excluding hydrogens is 208 g/mol. The van der Waals surface area contributed by atoms with E-state index in [0.717, 1.165) is 18.4 Å². The molecule has 0 saturated heterocycles. The molecule has 0 aliphatic carbocycles. The lowest BCUT2D eigenvalue weighted by atomic mass is 9.95. The molecule has 2 unspecified atom stereocenters. The maximum Gasteiger partial charge on any atom is 0.159 e. The van der Waals surface area contributed by atoms with Gasteiger partial charge in [-0.25, -0.2) is 8.78 Å². The lowest BCUT2D eigenvalue weighted by Crippen LogP contribution is -2.24. The largest absolute Gasteiger partial charge is 0.317 e. The van der Waals surface area contributed by atoms with Crippen LogP contribution in [-0.4, -0.2) is 13.1 Å². The number of hydrogen-bond acceptors (Lipinski definition) is 1. The van der Waals surface area contributed by atoms with Crippen LogP contribution in [0.3, 0.4) is 0 Å². The van der Waals surface area contributed by atoms with E-state index in [0.29, 0.717) is 12.0 Å². The summed E-state index contributed by atoms with van der Waals surface area (Å²) in [6.45, 7) is 4.23. The second-order valence-electron chi connectivity index (χ2n) is 4.48. The van der Waals surface area contributed by atoms with Crippen LogP contribution in [0.1, 0.15) is 25.8 Å². The van der Waals surface area contributed by atoms with Crippen molar-refractivity contribution in [3.8, 4) is 0 Å². The maximum atomic E-state index is 13.0. The second kappa shape index (κ2) is 5.94. The summed E-state index contributed by atoms with van der Waals surface area (Å²) >= 11 is 0. The van der Waals surface area contributed by atoms with Crippen LogP contribution >= 0.6 is 0 Å². The van der Waals surface area contributed by atoms with E-state index >= 15 is 0 Å². The fourth-order valence-electron chi connectivity index (χ4n) is 1.87. The van der Waals surface area contributed by atoms with Crippen molar-refractivity contribution in [2.24, 2.45) is 5.92 Å². The highest BCUT2D eigenvalue weighted by molar-refractivity contribution is 5.18. The molecule has 0 aliphatic heterocycles. The molecule has 0 radical (unpaired) electrons. The monoisotopic (exact) mass is 227 g/mol. The van der Waals surface area contributed by atoms with Crippen molar-refractivity contribution in [2.45, 2.75) is 32.7 Å². The molecule has 0 amide bonds. The van der Waals surface area contributed by atoms with Crippen molar-refractivity contribution < 1.29 is 8.78 Å². The van der Waals surface area contributed by atoms with Gasteiger partial charge in [0.05, 0.1) is 0 Å². The van der Waals surface area contributed by atoms with E-state index in [-0.39, 0.29) is 0 Å². The maximum absolute atomic E-state index is 13.0. The number of benzene rings is 1. The van der Waals surface area contributed by atoms with Crippen LogP contribution in [0.15, 0.2) is 18.2 Å². The first-order valence-corrected chi connectivity index (χ1v) is 5.64. The minimum Gasteiger partial charge on any atom is -0.317 e. The van der Waals surface area contributed by atoms with Gasteiger partial charge in [0.2, 0.25) is 0 Å². The number of rotatable bonds is 5. The van der Waals surface area contributed by atoms with Gasteiger partial charge in [-0.15, -0.1) is 0 Å². The third kappa shape index (κ3) is 3.89. The molecular formula is C13H19F2N. The smallest absolute Gasteiger partial charge is 0.159 e. The van der Waals surface area contributed by atoms with Gasteiger partial charge >= 0.3 is 0 Å². The lowest BCUT2D eigenvalue weighted by molar-refractivity contribution is 0.438. The molecule has 1 N–H and O–H groups in total. The van der Waals surface area contributed by atoms with E-state index in [1.165, 1.54) is 12.1 Å². The standard InChI is InChI=1S/C13H19F2N/c1-9(6-10(2)16-3)7-11-4-5-12(14)13(15)8-11/h4-5,8-10,16H,6-7H2,1-3H3. The van der Waals surface area contributed by atoms with E-state index in [9.17, 15) is 8.78 Å². The Hall–Kier alpha value is -0.960. The van der Waals surface area contributed by atoms with Gasteiger partial charge in [0, 0.05) is 6.04 Å². The summed E-state index contributed by atoms with van der Waals surface area (Å²) < 4.78 is 25.7. The zero-order valence-electron chi connectivity index (χ0n) is 10.1. The van der Waals surface area contributed by atoms with E-state index in [2.05, 4.69) is 19.2 Å². The van der Waals surface area contributed by atoms with E-state index < -0.39 is 11.6 Å². The quantitative estimate of drug-likeness (QED) is 0.814. The Morgan fingerprint density at radius 1 is 1.19 bits per heavy atom. The topological polar surface area (TPSA) is 12.0 Å². The SMILES string of the molecule is CNC(C)CC(C)Cc1ccc(F)c(F)c1. The van der Waals surface area contributed by atoms with Crippen LogP contribution in [0.2, 0.25) is 0 Å². The average Bonchev–Trinajstić information content (AvgIpc) is 2.23. The van der Waals surface area contributed by atoms with Crippen LogP contribution in [0.4, 0.5) is 8.78 Å². The normalized spacial score (nSPS) is 14.8. The molecule has 1 nitrogen and oxygen atoms in total. The first kappa shape index (κ1) is 13.1. The fourth-order valence-corrected chi connectivity index (χ4v) is 1.87. The van der Waals surface area contributed by atoms with Gasteiger partial charge in [0.15, 0.2) is 11.6 Å². The molecule has 0 heterocycles. The molecule has 16 heavy (non-hydrogen) atoms. The summed E-state index contributed by atoms with van der Waals surface area (Å²) in [6.07, 6.45) is 1.80. The molecule has 0 bridgehead atoms. The zero-order chi connectivity index (χ0) is 12.1. The molecule has 0 fully saturated rings. The Balaban J connectivity index is 2.56. The van der Waals surface area contributed by atoms with Crippen molar-refractivity contribution in [1.29, 1.82) is 0 Å². The van der Waals surface area contributed by atoms with Crippen molar-refractivity contribution in [3.63, 3.8) is 0 Å². The molecule has 90 valence electrons. The molecule has 2 atom stereocenters. The van der Waals surface area contributed by atoms with E-state index in [1.54, 1.807) is 6.07 Å². The van der Waals surface area contributed by atoms with E-state index in [1.807, 2.05) is 7.05 Å². The van der Waals surface area contributed by atoms with Gasteiger partial charge in [-0.2, -0.15) is 0 Å². The van der Waals surface area contributed by atoms with E-state index in [4.69, 9.17) is 0 Å². The van der Waals surface area contributed by atoms with Crippen molar-refractivity contribution >= 4 is 0 Å². The predicted molar refractivity (Wildman–Crippen MR) is 62.4 cm³/mol. The number of hydrogen-bond donors (Lipinski definition) is 1. The first-order chi connectivity index (χ1) is 7.52. The van der Waals surface area contributed by atoms with Gasteiger partial charge in [0.1, 0.15) is 0 Å². The summed E-state index contributed by atoms with van der Waals surface area (Å²) in [5.41, 5.74) is 0.856. The Bertz CT molecular complexity index is 339. The number of halogens is 2. The van der Waals surface area contributed by atoms with Gasteiger partial charge in [-0.05, 0) is 50.4 Å². The Morgan fingerprint density at radius 2 is 1.88 bits per heavy atom. The molecule has 0 spiro atoms. The minimum absolute atomic E-state index is 0.445. The summed E-state index contributed by atoms with van der Waals surface area (Å²) in [7, 11) is 1.93. The summed E-state index contributed by atoms with van der Waals surface area (Å²) in [4.78, 5) is 0. The molecule has 0 aromatic heterocycles. The fraction of sp³-hybridized carbons (Fsp3) is 0.538. The molecule has 3 heteroatoms. The van der Waals surface area contributed by atoms with Crippen molar-refractivity contribution in [1.82, 2.24) is 5.32 Å². The average molecular weight is 227 g/mol. The third-order valence-electron chi connectivity index (χ3n) is 2.82. The number of nitrogens with one attached hydrogen (secondary N) is 1. The van der Waals surface area contributed by atoms with Gasteiger partial charge < -0.3 is 5.32 Å². The summed E-state index contributed by atoms with van der Waals surface area (Å²) in [6, 6.07) is 4.58. The lowest BCUT2D eigenvalue weighted by Gasteiger charge is -2.16. The summed E-state index contributed by atoms with van der Waals surface area (Å²) in [5.74, 6) is -1.08. The van der Waals surface area contributed by atoms with Gasteiger partial charge in [-0.3, -0.25) is 0 Å². The molecule has 0 saturated carbocycles. The molecule has 1 aromatic rings. The molecule has 1 rings (SSSR count). The van der Waals surface area contributed by atoms with Crippen molar-refractivity contribution in [3.05, 3.63) is 35.4 Å². The van der Waals surface area contributed by atoms with Gasteiger partial charge in [-0.1, -0.05) is 13.0 Å². The highest BCUT2D eigenvalue weighted by Crippen LogP contribution is 2.16. The third-order valence-corrected chi connectivity index (χ3v) is 2.82. The first-order valence-electron chi connectivity index (χ1n) is 5.64. The van der Waals surface area contributed by atoms with Crippen LogP contribution < -0.4 is 5.32 Å². The molecule has 1 aromatic carbocycles. The Labute approximate surface area is 95.9 Å². The summed E-state index contributed by atoms with van der Waals surface area (Å²) in [5, 5.41) is 3.17. The Kier molecular flexibility index (Phi) is 4.87. The molecule has 0 aliphatic rings. The van der Waals surface area contributed by atoms with Crippen molar-refractivity contribution in [2.75, 3.05) is 7.05 Å². The highest BCUT2D eigenvalue weighted by atomic mass is 19.2. The van der Waals surface area contributed by atoms with Crippen LogP contribution in [-0.2, 0) is 6.42 Å². The predicted octanol–water partition coefficient (Wildman–Crippen LogP) is 3.14. The Morgan fingerprint density at radius 3 is 2.44 bits per heavy atom. The van der Waals surface area contributed by atoms with Crippen LogP contribution in [0.5, 0.6) is 0 Å². The van der Waals surface area contributed by atoms with Crippen LogP contribution in [0, 0.1) is 17.6 Å². The zero-order valence-corrected chi connectivity index (χ0v) is 10.1.